The van der Waals surface area contributed by atoms with Gasteiger partial charge in [0.25, 0.3) is 10.0 Å². The molecule has 0 saturated carbocycles. The van der Waals surface area contributed by atoms with Gasteiger partial charge in [-0.25, -0.2) is 13.2 Å². The minimum Gasteiger partial charge on any atom is -0.497 e. The predicted octanol–water partition coefficient (Wildman–Crippen LogP) is 3.76. The van der Waals surface area contributed by atoms with Crippen LogP contribution in [-0.4, -0.2) is 42.8 Å². The Morgan fingerprint density at radius 3 is 1.88 bits per heavy atom. The molecule has 8 nitrogen and oxygen atoms in total. The van der Waals surface area contributed by atoms with E-state index in [9.17, 15) is 13.2 Å². The molecule has 0 amide bonds. The summed E-state index contributed by atoms with van der Waals surface area (Å²) in [6.45, 7) is 0. The van der Waals surface area contributed by atoms with Gasteiger partial charge in [-0.15, -0.1) is 0 Å². The van der Waals surface area contributed by atoms with E-state index in [0.717, 1.165) is 4.31 Å². The molecule has 3 rings (SSSR count). The van der Waals surface area contributed by atoms with E-state index in [1.807, 2.05) is 0 Å². The van der Waals surface area contributed by atoms with Gasteiger partial charge in [-0.2, -0.15) is 0 Å². The minimum absolute atomic E-state index is 0.126. The first-order valence-electron chi connectivity index (χ1n) is 9.47. The number of methoxy groups -OCH3 is 3. The van der Waals surface area contributed by atoms with Gasteiger partial charge in [0.2, 0.25) is 0 Å². The van der Waals surface area contributed by atoms with Crippen molar-refractivity contribution in [1.82, 2.24) is 0 Å². The van der Waals surface area contributed by atoms with Crippen LogP contribution in [0.2, 0.25) is 0 Å². The van der Waals surface area contributed by atoms with Crippen LogP contribution < -0.4 is 23.3 Å². The molecule has 0 N–H and O–H groups in total. The molecule has 0 aliphatic heterocycles. The molecule has 168 valence electrons. The Morgan fingerprint density at radius 1 is 0.750 bits per heavy atom. The summed E-state index contributed by atoms with van der Waals surface area (Å²) in [5, 5.41) is 0. The van der Waals surface area contributed by atoms with Crippen LogP contribution in [0.3, 0.4) is 0 Å². The van der Waals surface area contributed by atoms with Gasteiger partial charge < -0.3 is 18.9 Å². The molecule has 32 heavy (non-hydrogen) atoms. The van der Waals surface area contributed by atoms with Crippen LogP contribution in [0.15, 0.2) is 71.6 Å². The highest BCUT2D eigenvalue weighted by molar-refractivity contribution is 7.92. The van der Waals surface area contributed by atoms with Gasteiger partial charge in [0, 0.05) is 7.05 Å². The smallest absolute Gasteiger partial charge is 0.347 e. The quantitative estimate of drug-likeness (QED) is 0.376. The number of carbonyl (C=O) groups excluding carboxylic acids is 1. The van der Waals surface area contributed by atoms with Crippen LogP contribution in [0, 0.1) is 0 Å². The number of benzene rings is 3. The lowest BCUT2D eigenvalue weighted by Gasteiger charge is -2.20. The molecule has 0 saturated heterocycles. The molecule has 3 aromatic carbocycles. The number of rotatable bonds is 8. The van der Waals surface area contributed by atoms with Crippen molar-refractivity contribution in [2.75, 3.05) is 32.7 Å². The molecule has 0 spiro atoms. The maximum atomic E-state index is 12.9. The van der Waals surface area contributed by atoms with E-state index in [2.05, 4.69) is 0 Å². The van der Waals surface area contributed by atoms with Crippen molar-refractivity contribution in [3.8, 4) is 23.0 Å². The van der Waals surface area contributed by atoms with Crippen molar-refractivity contribution < 1.29 is 32.2 Å². The normalized spacial score (nSPS) is 10.9. The van der Waals surface area contributed by atoms with E-state index in [1.165, 1.54) is 58.7 Å². The van der Waals surface area contributed by atoms with Gasteiger partial charge in [0.15, 0.2) is 0 Å². The Balaban J connectivity index is 1.78. The van der Waals surface area contributed by atoms with E-state index in [1.54, 1.807) is 36.4 Å². The summed E-state index contributed by atoms with van der Waals surface area (Å²) >= 11 is 0. The average Bonchev–Trinajstić information content (AvgIpc) is 2.83. The van der Waals surface area contributed by atoms with Crippen molar-refractivity contribution in [1.29, 1.82) is 0 Å². The molecule has 0 aliphatic carbocycles. The van der Waals surface area contributed by atoms with E-state index in [4.69, 9.17) is 18.9 Å². The summed E-state index contributed by atoms with van der Waals surface area (Å²) in [6, 6.07) is 17.0. The van der Waals surface area contributed by atoms with E-state index < -0.39 is 16.0 Å². The van der Waals surface area contributed by atoms with E-state index in [0.29, 0.717) is 22.9 Å². The number of carbonyl (C=O) groups is 1. The molecule has 0 aromatic heterocycles. The van der Waals surface area contributed by atoms with Crippen LogP contribution in [0.4, 0.5) is 5.69 Å². The Morgan fingerprint density at radius 2 is 1.31 bits per heavy atom. The predicted molar refractivity (Wildman–Crippen MR) is 120 cm³/mol. The maximum absolute atomic E-state index is 12.9. The Hall–Kier alpha value is -3.72. The number of hydrogen-bond donors (Lipinski definition) is 0. The molecule has 0 radical (unpaired) electrons. The van der Waals surface area contributed by atoms with Crippen molar-refractivity contribution in [2.45, 2.75) is 4.90 Å². The van der Waals surface area contributed by atoms with Gasteiger partial charge in [-0.05, 0) is 66.7 Å². The fraction of sp³-hybridized carbons (Fsp3) is 0.174. The summed E-state index contributed by atoms with van der Waals surface area (Å²) in [6.07, 6.45) is 0. The monoisotopic (exact) mass is 457 g/mol. The second-order valence-electron chi connectivity index (χ2n) is 6.60. The molecule has 9 heteroatoms. The largest absolute Gasteiger partial charge is 0.497 e. The standard InChI is InChI=1S/C23H23NO7S/c1-24(32(26,27)20-12-9-17(28-2)10-13-20)16-5-7-18(8-6-16)31-23(25)21-15-19(29-3)11-14-22(21)30-4/h5-15H,1-4H3. The highest BCUT2D eigenvalue weighted by atomic mass is 32.2. The third kappa shape index (κ3) is 4.78. The zero-order valence-electron chi connectivity index (χ0n) is 18.1. The summed E-state index contributed by atoms with van der Waals surface area (Å²) in [4.78, 5) is 12.7. The van der Waals surface area contributed by atoms with Gasteiger partial charge in [0.05, 0.1) is 31.9 Å². The summed E-state index contributed by atoms with van der Waals surface area (Å²) in [5.74, 6) is 1.01. The summed E-state index contributed by atoms with van der Waals surface area (Å²) in [5.41, 5.74) is 0.606. The first-order valence-corrected chi connectivity index (χ1v) is 10.9. The molecule has 0 aliphatic rings. The second-order valence-corrected chi connectivity index (χ2v) is 8.57. The zero-order chi connectivity index (χ0) is 23.3. The van der Waals surface area contributed by atoms with Crippen LogP contribution >= 0.6 is 0 Å². The lowest BCUT2D eigenvalue weighted by Crippen LogP contribution is -2.26. The first kappa shape index (κ1) is 23.0. The fourth-order valence-electron chi connectivity index (χ4n) is 2.90. The van der Waals surface area contributed by atoms with Crippen LogP contribution in [0.25, 0.3) is 0 Å². The van der Waals surface area contributed by atoms with Gasteiger partial charge >= 0.3 is 5.97 Å². The van der Waals surface area contributed by atoms with Crippen LogP contribution in [0.1, 0.15) is 10.4 Å². The lowest BCUT2D eigenvalue weighted by molar-refractivity contribution is 0.0731. The average molecular weight is 458 g/mol. The van der Waals surface area contributed by atoms with Crippen molar-refractivity contribution in [2.24, 2.45) is 0 Å². The molecule has 0 fully saturated rings. The van der Waals surface area contributed by atoms with Gasteiger partial charge in [0.1, 0.15) is 28.6 Å². The Labute approximate surface area is 187 Å². The Bertz CT molecular complexity index is 1190. The van der Waals surface area contributed by atoms with Gasteiger partial charge in [-0.1, -0.05) is 0 Å². The number of anilines is 1. The van der Waals surface area contributed by atoms with E-state index in [-0.39, 0.29) is 16.2 Å². The number of esters is 1. The third-order valence-electron chi connectivity index (χ3n) is 4.76. The SMILES string of the molecule is COc1ccc(S(=O)(=O)N(C)c2ccc(OC(=O)c3cc(OC)ccc3OC)cc2)cc1. The minimum atomic E-state index is -3.77. The number of hydrogen-bond acceptors (Lipinski definition) is 7. The molecular formula is C23H23NO7S. The van der Waals surface area contributed by atoms with Gasteiger partial charge in [-0.3, -0.25) is 4.31 Å². The third-order valence-corrected chi connectivity index (χ3v) is 6.56. The summed E-state index contributed by atoms with van der Waals surface area (Å²) in [7, 11) is 2.12. The second kappa shape index (κ2) is 9.61. The lowest BCUT2D eigenvalue weighted by atomic mass is 10.2. The number of sulfonamides is 1. The maximum Gasteiger partial charge on any atom is 0.347 e. The van der Waals surface area contributed by atoms with Crippen molar-refractivity contribution in [3.05, 3.63) is 72.3 Å². The van der Waals surface area contributed by atoms with Crippen molar-refractivity contribution >= 4 is 21.7 Å². The summed E-state index contributed by atoms with van der Waals surface area (Å²) < 4.78 is 47.8. The molecular weight excluding hydrogens is 434 g/mol. The first-order chi connectivity index (χ1) is 15.3. The highest BCUT2D eigenvalue weighted by Crippen LogP contribution is 2.28. The number of nitrogens with zero attached hydrogens (tertiary/aromatic N) is 1. The fourth-order valence-corrected chi connectivity index (χ4v) is 4.10. The molecule has 0 unspecified atom stereocenters. The van der Waals surface area contributed by atoms with Crippen LogP contribution in [-0.2, 0) is 10.0 Å². The highest BCUT2D eigenvalue weighted by Gasteiger charge is 2.22. The van der Waals surface area contributed by atoms with Crippen LogP contribution in [0.5, 0.6) is 23.0 Å². The molecule has 0 heterocycles. The van der Waals surface area contributed by atoms with E-state index >= 15 is 0 Å². The zero-order valence-corrected chi connectivity index (χ0v) is 18.9. The Kier molecular flexibility index (Phi) is 6.89. The van der Waals surface area contributed by atoms with Crippen molar-refractivity contribution in [3.63, 3.8) is 0 Å². The molecule has 3 aromatic rings. The molecule has 0 atom stereocenters. The molecule has 0 bridgehead atoms. The number of ether oxygens (including phenoxy) is 4. The topological polar surface area (TPSA) is 91.4 Å².